The minimum Gasteiger partial charge on any atom is -0.370 e. The van der Waals surface area contributed by atoms with Gasteiger partial charge in [-0.15, -0.1) is 0 Å². The number of aliphatic imine (C=N–C) groups is 1. The van der Waals surface area contributed by atoms with Gasteiger partial charge in [0.2, 0.25) is 0 Å². The fourth-order valence-electron chi connectivity index (χ4n) is 4.65. The van der Waals surface area contributed by atoms with Crippen molar-refractivity contribution in [2.75, 3.05) is 0 Å². The van der Waals surface area contributed by atoms with Gasteiger partial charge in [0.15, 0.2) is 5.96 Å². The molecule has 112 valence electrons. The van der Waals surface area contributed by atoms with E-state index in [1.807, 2.05) is 0 Å². The van der Waals surface area contributed by atoms with Crippen LogP contribution < -0.4 is 11.1 Å². The molecule has 5 unspecified atom stereocenters. The predicted octanol–water partition coefficient (Wildman–Crippen LogP) is 3.21. The fraction of sp³-hybridized carbons (Fsp3) is 0.824. The second-order valence-electron chi connectivity index (χ2n) is 6.96. The maximum absolute atomic E-state index is 6.02. The van der Waals surface area contributed by atoms with Crippen molar-refractivity contribution in [2.45, 2.75) is 70.9 Å². The van der Waals surface area contributed by atoms with Gasteiger partial charge >= 0.3 is 0 Å². The van der Waals surface area contributed by atoms with Crippen molar-refractivity contribution < 1.29 is 0 Å². The van der Waals surface area contributed by atoms with Gasteiger partial charge in [0.25, 0.3) is 0 Å². The van der Waals surface area contributed by atoms with E-state index in [0.29, 0.717) is 29.9 Å². The van der Waals surface area contributed by atoms with Crippen LogP contribution in [0.25, 0.3) is 0 Å². The molecule has 0 aromatic heterocycles. The Morgan fingerprint density at radius 1 is 1.35 bits per heavy atom. The Labute approximate surface area is 123 Å². The molecule has 0 bridgehead atoms. The molecule has 1 aliphatic heterocycles. The van der Waals surface area contributed by atoms with Crippen molar-refractivity contribution in [3.8, 4) is 0 Å². The highest BCUT2D eigenvalue weighted by Crippen LogP contribution is 2.49. The number of guanidine groups is 1. The number of nitrogens with one attached hydrogen (secondary N) is 1. The molecule has 0 amide bonds. The van der Waals surface area contributed by atoms with E-state index in [-0.39, 0.29) is 0 Å². The molecule has 2 aliphatic carbocycles. The van der Waals surface area contributed by atoms with E-state index in [2.05, 4.69) is 25.2 Å². The average Bonchev–Trinajstić information content (AvgIpc) is 2.80. The minimum absolute atomic E-state index is 0.374. The number of hydrogen-bond donors (Lipinski definition) is 2. The first kappa shape index (κ1) is 14.0. The van der Waals surface area contributed by atoms with Crippen molar-refractivity contribution in [3.05, 3.63) is 11.6 Å². The van der Waals surface area contributed by atoms with Gasteiger partial charge < -0.3 is 11.1 Å². The van der Waals surface area contributed by atoms with Crippen molar-refractivity contribution in [1.29, 1.82) is 0 Å². The third-order valence-corrected chi connectivity index (χ3v) is 5.59. The topological polar surface area (TPSA) is 50.4 Å². The van der Waals surface area contributed by atoms with Crippen molar-refractivity contribution in [2.24, 2.45) is 28.5 Å². The van der Waals surface area contributed by atoms with Crippen molar-refractivity contribution in [3.63, 3.8) is 0 Å². The first-order valence-corrected chi connectivity index (χ1v) is 8.50. The largest absolute Gasteiger partial charge is 0.370 e. The summed E-state index contributed by atoms with van der Waals surface area (Å²) in [5.74, 6) is 2.93. The summed E-state index contributed by atoms with van der Waals surface area (Å²) in [6.07, 6.45) is 11.7. The van der Waals surface area contributed by atoms with E-state index in [1.165, 1.54) is 44.9 Å². The van der Waals surface area contributed by atoms with E-state index in [0.717, 1.165) is 5.92 Å². The Balaban J connectivity index is 1.80. The highest BCUT2D eigenvalue weighted by atomic mass is 15.2. The molecule has 0 saturated heterocycles. The van der Waals surface area contributed by atoms with Crippen LogP contribution in [0.5, 0.6) is 0 Å². The molecule has 0 radical (unpaired) electrons. The van der Waals surface area contributed by atoms with Gasteiger partial charge in [-0.25, -0.2) is 4.99 Å². The Hall–Kier alpha value is -0.990. The summed E-state index contributed by atoms with van der Waals surface area (Å²) in [4.78, 5) is 4.79. The van der Waals surface area contributed by atoms with E-state index in [1.54, 1.807) is 5.57 Å². The van der Waals surface area contributed by atoms with E-state index in [4.69, 9.17) is 10.7 Å². The highest BCUT2D eigenvalue weighted by molar-refractivity contribution is 5.79. The standard InChI is InChI=1S/C17H29N3/c1-3-4-5-6-7-13-11(2)10-12-8-9-14-15(12)16(13)20-17(18)19-14/h7,11-12,14-16H,3-6,8-10H2,1-2H3,(H3,18,19,20). The maximum atomic E-state index is 6.02. The van der Waals surface area contributed by atoms with Crippen LogP contribution in [0.4, 0.5) is 0 Å². The zero-order valence-electron chi connectivity index (χ0n) is 12.9. The molecule has 0 spiro atoms. The minimum atomic E-state index is 0.374. The van der Waals surface area contributed by atoms with Crippen LogP contribution in [0.15, 0.2) is 16.6 Å². The smallest absolute Gasteiger partial charge is 0.189 e. The third kappa shape index (κ3) is 2.47. The number of allylic oxidation sites excluding steroid dienone is 1. The normalized spacial score (nSPS) is 41.2. The van der Waals surface area contributed by atoms with Crippen LogP contribution in [-0.4, -0.2) is 18.0 Å². The molecule has 2 fully saturated rings. The van der Waals surface area contributed by atoms with Gasteiger partial charge in [0, 0.05) is 12.0 Å². The second-order valence-corrected chi connectivity index (χ2v) is 6.96. The molecule has 2 saturated carbocycles. The van der Waals surface area contributed by atoms with Crippen molar-refractivity contribution >= 4 is 5.96 Å². The monoisotopic (exact) mass is 275 g/mol. The average molecular weight is 275 g/mol. The highest BCUT2D eigenvalue weighted by Gasteiger charge is 2.49. The SMILES string of the molecule is CCCCCC=C1C(C)CC2CCC3NC(N)=NC1C23. The Kier molecular flexibility index (Phi) is 4.04. The Bertz CT molecular complexity index is 412. The summed E-state index contributed by atoms with van der Waals surface area (Å²) < 4.78 is 0. The van der Waals surface area contributed by atoms with Crippen LogP contribution in [-0.2, 0) is 0 Å². The zero-order valence-corrected chi connectivity index (χ0v) is 12.9. The lowest BCUT2D eigenvalue weighted by molar-refractivity contribution is 0.218. The van der Waals surface area contributed by atoms with Crippen LogP contribution in [0.2, 0.25) is 0 Å². The molecule has 3 heteroatoms. The molecule has 1 heterocycles. The summed E-state index contributed by atoms with van der Waals surface area (Å²) in [5.41, 5.74) is 7.60. The number of rotatable bonds is 4. The summed E-state index contributed by atoms with van der Waals surface area (Å²) in [5, 5.41) is 3.42. The number of nitrogens with two attached hydrogens (primary N) is 1. The first-order chi connectivity index (χ1) is 9.70. The molecular formula is C17H29N3. The van der Waals surface area contributed by atoms with Gasteiger partial charge in [-0.05, 0) is 49.5 Å². The van der Waals surface area contributed by atoms with E-state index >= 15 is 0 Å². The van der Waals surface area contributed by atoms with Crippen molar-refractivity contribution in [1.82, 2.24) is 5.32 Å². The summed E-state index contributed by atoms with van der Waals surface area (Å²) >= 11 is 0. The first-order valence-electron chi connectivity index (χ1n) is 8.50. The van der Waals surface area contributed by atoms with Gasteiger partial charge in [0.05, 0.1) is 6.04 Å². The van der Waals surface area contributed by atoms with E-state index < -0.39 is 0 Å². The molecule has 5 atom stereocenters. The number of unbranched alkanes of at least 4 members (excludes halogenated alkanes) is 3. The summed E-state index contributed by atoms with van der Waals surface area (Å²) in [7, 11) is 0. The van der Waals surface area contributed by atoms with Gasteiger partial charge in [-0.2, -0.15) is 0 Å². The lowest BCUT2D eigenvalue weighted by atomic mass is 9.68. The molecule has 0 aromatic rings. The number of hydrogen-bond acceptors (Lipinski definition) is 3. The third-order valence-electron chi connectivity index (χ3n) is 5.59. The predicted molar refractivity (Wildman–Crippen MR) is 84.6 cm³/mol. The van der Waals surface area contributed by atoms with Gasteiger partial charge in [-0.1, -0.05) is 32.8 Å². The maximum Gasteiger partial charge on any atom is 0.189 e. The quantitative estimate of drug-likeness (QED) is 0.611. The van der Waals surface area contributed by atoms with Crippen LogP contribution in [0, 0.1) is 17.8 Å². The van der Waals surface area contributed by atoms with Crippen LogP contribution in [0.1, 0.15) is 58.8 Å². The van der Waals surface area contributed by atoms with E-state index in [9.17, 15) is 0 Å². The van der Waals surface area contributed by atoms with Gasteiger partial charge in [0.1, 0.15) is 0 Å². The molecule has 3 aliphatic rings. The van der Waals surface area contributed by atoms with Crippen LogP contribution in [0.3, 0.4) is 0 Å². The second kappa shape index (κ2) is 5.79. The molecule has 0 aromatic carbocycles. The Morgan fingerprint density at radius 2 is 2.20 bits per heavy atom. The molecule has 20 heavy (non-hydrogen) atoms. The zero-order chi connectivity index (χ0) is 14.1. The summed E-state index contributed by atoms with van der Waals surface area (Å²) in [6.45, 7) is 4.66. The Morgan fingerprint density at radius 3 is 3.00 bits per heavy atom. The lowest BCUT2D eigenvalue weighted by Crippen LogP contribution is -2.53. The number of nitrogens with zero attached hydrogens (tertiary/aromatic N) is 1. The molecular weight excluding hydrogens is 246 g/mol. The van der Waals surface area contributed by atoms with Crippen LogP contribution >= 0.6 is 0 Å². The fourth-order valence-corrected chi connectivity index (χ4v) is 4.65. The van der Waals surface area contributed by atoms with Gasteiger partial charge in [-0.3, -0.25) is 0 Å². The molecule has 3 rings (SSSR count). The lowest BCUT2D eigenvalue weighted by Gasteiger charge is -2.43. The molecule has 3 N–H and O–H groups in total. The summed E-state index contributed by atoms with van der Waals surface area (Å²) in [6, 6.07) is 0.952. The molecule has 3 nitrogen and oxygen atoms in total.